The Morgan fingerprint density at radius 1 is 1.37 bits per heavy atom. The first-order valence-electron chi connectivity index (χ1n) is 6.22. The van der Waals surface area contributed by atoms with Crippen LogP contribution in [-0.4, -0.2) is 54.8 Å². The quantitative estimate of drug-likeness (QED) is 0.841. The molecule has 1 saturated heterocycles. The number of thioether (sulfide) groups is 1. The molecule has 1 aromatic heterocycles. The molecule has 1 N–H and O–H groups in total. The monoisotopic (exact) mass is 281 g/mol. The molecule has 1 aromatic rings. The molecule has 0 saturated carbocycles. The number of hydrogen-bond donors (Lipinski definition) is 1. The molecule has 0 aromatic carbocycles. The predicted octanol–water partition coefficient (Wildman–Crippen LogP) is 1.51. The summed E-state index contributed by atoms with van der Waals surface area (Å²) in [5, 5.41) is 10.0. The smallest absolute Gasteiger partial charge is 0.411 e. The van der Waals surface area contributed by atoms with Gasteiger partial charge in [-0.1, -0.05) is 0 Å². The normalized spacial score (nSPS) is 19.2. The number of fused-ring (bicyclic) bond motifs is 1. The van der Waals surface area contributed by atoms with Crippen molar-refractivity contribution >= 4 is 29.2 Å². The van der Waals surface area contributed by atoms with Crippen molar-refractivity contribution in [3.8, 4) is 0 Å². The maximum absolute atomic E-state index is 11.3. The van der Waals surface area contributed by atoms with Crippen molar-refractivity contribution in [3.05, 3.63) is 12.3 Å². The van der Waals surface area contributed by atoms with Crippen molar-refractivity contribution in [2.45, 2.75) is 5.03 Å². The Balaban J connectivity index is 1.92. The fraction of sp³-hybridized carbons (Fsp3) is 0.500. The minimum absolute atomic E-state index is 0.515. The zero-order valence-electron chi connectivity index (χ0n) is 10.4. The molecule has 102 valence electrons. The van der Waals surface area contributed by atoms with E-state index >= 15 is 0 Å². The van der Waals surface area contributed by atoms with Gasteiger partial charge in [0.25, 0.3) is 0 Å². The van der Waals surface area contributed by atoms with Gasteiger partial charge < -0.3 is 14.7 Å². The molecule has 0 unspecified atom stereocenters. The van der Waals surface area contributed by atoms with Gasteiger partial charge in [0, 0.05) is 25.4 Å². The molecule has 1 fully saturated rings. The van der Waals surface area contributed by atoms with Gasteiger partial charge in [-0.15, -0.1) is 11.8 Å². The Hall–Kier alpha value is -1.47. The SMILES string of the molecule is O=C(O)N1CCSc2ncc(N3CCOCC3)cc21. The summed E-state index contributed by atoms with van der Waals surface area (Å²) in [5.74, 6) is 0.753. The average Bonchev–Trinajstić information content (AvgIpc) is 2.47. The molecule has 0 atom stereocenters. The van der Waals surface area contributed by atoms with Crippen molar-refractivity contribution in [1.82, 2.24) is 4.98 Å². The minimum atomic E-state index is -0.914. The topological polar surface area (TPSA) is 65.9 Å². The lowest BCUT2D eigenvalue weighted by Gasteiger charge is -2.31. The van der Waals surface area contributed by atoms with Gasteiger partial charge in [-0.3, -0.25) is 4.90 Å². The molecule has 1 amide bonds. The van der Waals surface area contributed by atoms with E-state index in [1.165, 1.54) is 4.90 Å². The fourth-order valence-corrected chi connectivity index (χ4v) is 3.19. The van der Waals surface area contributed by atoms with Crippen LogP contribution in [0.15, 0.2) is 17.3 Å². The van der Waals surface area contributed by atoms with Crippen molar-refractivity contribution in [1.29, 1.82) is 0 Å². The van der Waals surface area contributed by atoms with Crippen molar-refractivity contribution in [2.24, 2.45) is 0 Å². The molecule has 0 spiro atoms. The second-order valence-electron chi connectivity index (χ2n) is 4.40. The third-order valence-corrected chi connectivity index (χ3v) is 4.24. The summed E-state index contributed by atoms with van der Waals surface area (Å²) in [6.07, 6.45) is 0.908. The van der Waals surface area contributed by atoms with E-state index in [1.807, 2.05) is 12.3 Å². The summed E-state index contributed by atoms with van der Waals surface area (Å²) in [4.78, 5) is 19.2. The second kappa shape index (κ2) is 5.26. The number of amides is 1. The van der Waals surface area contributed by atoms with E-state index in [9.17, 15) is 9.90 Å². The molecule has 3 rings (SSSR count). The van der Waals surface area contributed by atoms with Crippen molar-refractivity contribution in [3.63, 3.8) is 0 Å². The highest BCUT2D eigenvalue weighted by atomic mass is 32.2. The van der Waals surface area contributed by atoms with E-state index in [4.69, 9.17) is 4.74 Å². The van der Waals surface area contributed by atoms with E-state index in [-0.39, 0.29) is 0 Å². The summed E-state index contributed by atoms with van der Waals surface area (Å²) in [6, 6.07) is 1.92. The van der Waals surface area contributed by atoms with Gasteiger partial charge >= 0.3 is 6.09 Å². The maximum Gasteiger partial charge on any atom is 0.411 e. The van der Waals surface area contributed by atoms with Crippen LogP contribution in [0.25, 0.3) is 0 Å². The standard InChI is InChI=1S/C12H15N3O3S/c16-12(17)15-3-6-19-11-10(15)7-9(8-13-11)14-1-4-18-5-2-14/h7-8H,1-6H2,(H,16,17). The van der Waals surface area contributed by atoms with Gasteiger partial charge in [0.1, 0.15) is 5.03 Å². The molecule has 0 bridgehead atoms. The predicted molar refractivity (Wildman–Crippen MR) is 73.4 cm³/mol. The van der Waals surface area contributed by atoms with Gasteiger partial charge in [-0.25, -0.2) is 9.78 Å². The fourth-order valence-electron chi connectivity index (χ4n) is 2.28. The maximum atomic E-state index is 11.3. The molecule has 2 aliphatic rings. The third kappa shape index (κ3) is 2.48. The number of morpholine rings is 1. The van der Waals surface area contributed by atoms with Crippen LogP contribution in [0.2, 0.25) is 0 Å². The highest BCUT2D eigenvalue weighted by molar-refractivity contribution is 7.99. The first-order valence-corrected chi connectivity index (χ1v) is 7.20. The summed E-state index contributed by atoms with van der Waals surface area (Å²) >= 11 is 1.61. The van der Waals surface area contributed by atoms with Crippen LogP contribution in [-0.2, 0) is 4.74 Å². The number of rotatable bonds is 1. The summed E-state index contributed by atoms with van der Waals surface area (Å²) in [7, 11) is 0. The number of carbonyl (C=O) groups is 1. The van der Waals surface area contributed by atoms with Crippen LogP contribution < -0.4 is 9.80 Å². The number of anilines is 2. The summed E-state index contributed by atoms with van der Waals surface area (Å²) < 4.78 is 5.32. The van der Waals surface area contributed by atoms with Gasteiger partial charge in [-0.2, -0.15) is 0 Å². The Bertz CT molecular complexity index is 491. The van der Waals surface area contributed by atoms with E-state index in [2.05, 4.69) is 9.88 Å². The Labute approximate surface area is 115 Å². The molecule has 3 heterocycles. The number of hydrogen-bond acceptors (Lipinski definition) is 5. The van der Waals surface area contributed by atoms with Crippen LogP contribution in [0.4, 0.5) is 16.2 Å². The van der Waals surface area contributed by atoms with E-state index in [0.29, 0.717) is 25.4 Å². The van der Waals surface area contributed by atoms with Crippen LogP contribution in [0, 0.1) is 0 Å². The van der Waals surface area contributed by atoms with E-state index in [1.54, 1.807) is 11.8 Å². The molecule has 2 aliphatic heterocycles. The number of pyridine rings is 1. The molecular weight excluding hydrogens is 266 g/mol. The van der Waals surface area contributed by atoms with Gasteiger partial charge in [-0.05, 0) is 6.07 Å². The van der Waals surface area contributed by atoms with Gasteiger partial charge in [0.2, 0.25) is 0 Å². The number of nitrogens with zero attached hydrogens (tertiary/aromatic N) is 3. The lowest BCUT2D eigenvalue weighted by atomic mass is 10.3. The lowest BCUT2D eigenvalue weighted by Crippen LogP contribution is -2.37. The summed E-state index contributed by atoms with van der Waals surface area (Å²) in [6.45, 7) is 3.56. The number of ether oxygens (including phenoxy) is 1. The second-order valence-corrected chi connectivity index (χ2v) is 5.48. The molecule has 6 nitrogen and oxygen atoms in total. The minimum Gasteiger partial charge on any atom is -0.465 e. The Morgan fingerprint density at radius 3 is 2.89 bits per heavy atom. The van der Waals surface area contributed by atoms with Crippen LogP contribution in [0.3, 0.4) is 0 Å². The third-order valence-electron chi connectivity index (χ3n) is 3.27. The number of carboxylic acid groups (broad SMARTS) is 1. The van der Waals surface area contributed by atoms with E-state index in [0.717, 1.165) is 29.6 Å². The Kier molecular flexibility index (Phi) is 3.48. The first-order chi connectivity index (χ1) is 9.25. The van der Waals surface area contributed by atoms with Gasteiger partial charge in [0.05, 0.1) is 30.8 Å². The van der Waals surface area contributed by atoms with E-state index < -0.39 is 6.09 Å². The molecule has 0 aliphatic carbocycles. The average molecular weight is 281 g/mol. The molecule has 19 heavy (non-hydrogen) atoms. The van der Waals surface area contributed by atoms with Crippen LogP contribution in [0.5, 0.6) is 0 Å². The zero-order chi connectivity index (χ0) is 13.2. The van der Waals surface area contributed by atoms with Crippen LogP contribution in [0.1, 0.15) is 0 Å². The van der Waals surface area contributed by atoms with Crippen molar-refractivity contribution < 1.29 is 14.6 Å². The lowest BCUT2D eigenvalue weighted by molar-refractivity contribution is 0.122. The van der Waals surface area contributed by atoms with Crippen LogP contribution >= 0.6 is 11.8 Å². The highest BCUT2D eigenvalue weighted by Crippen LogP contribution is 2.35. The molecule has 7 heteroatoms. The highest BCUT2D eigenvalue weighted by Gasteiger charge is 2.25. The van der Waals surface area contributed by atoms with Crippen molar-refractivity contribution in [2.75, 3.05) is 48.4 Å². The molecular formula is C12H15N3O3S. The number of aromatic nitrogens is 1. The molecule has 0 radical (unpaired) electrons. The van der Waals surface area contributed by atoms with Gasteiger partial charge in [0.15, 0.2) is 0 Å². The zero-order valence-corrected chi connectivity index (χ0v) is 11.2. The Morgan fingerprint density at radius 2 is 2.16 bits per heavy atom. The first kappa shape index (κ1) is 12.6. The summed E-state index contributed by atoms with van der Waals surface area (Å²) in [5.41, 5.74) is 1.67. The largest absolute Gasteiger partial charge is 0.465 e.